The molecule has 0 aromatic carbocycles. The zero-order valence-electron chi connectivity index (χ0n) is 11.0. The molecule has 0 spiro atoms. The van der Waals surface area contributed by atoms with Crippen molar-refractivity contribution in [3.05, 3.63) is 28.5 Å². The molecule has 1 fully saturated rings. The van der Waals surface area contributed by atoms with Gasteiger partial charge in [-0.05, 0) is 46.8 Å². The fourth-order valence-electron chi connectivity index (χ4n) is 2.69. The van der Waals surface area contributed by atoms with Gasteiger partial charge in [-0.15, -0.1) is 0 Å². The molecule has 2 unspecified atom stereocenters. The van der Waals surface area contributed by atoms with Crippen molar-refractivity contribution in [2.24, 2.45) is 5.92 Å². The van der Waals surface area contributed by atoms with Crippen LogP contribution in [0.3, 0.4) is 0 Å². The van der Waals surface area contributed by atoms with Gasteiger partial charge in [0.2, 0.25) is 0 Å². The van der Waals surface area contributed by atoms with Crippen LogP contribution in [0, 0.1) is 5.92 Å². The van der Waals surface area contributed by atoms with Gasteiger partial charge in [0.1, 0.15) is 4.60 Å². The standard InChI is InChI=1S/C14H19BrN2O2/c1-10-4-2-6-14(19,8-10)9-17-13(18)11-5-3-7-16-12(11)15/h3,5,7,10,19H,2,4,6,8-9H2,1H3,(H,17,18). The number of amides is 1. The number of hydrogen-bond donors (Lipinski definition) is 2. The van der Waals surface area contributed by atoms with Crippen LogP contribution in [0.15, 0.2) is 22.9 Å². The van der Waals surface area contributed by atoms with Crippen molar-refractivity contribution >= 4 is 21.8 Å². The Balaban J connectivity index is 1.95. The molecular weight excluding hydrogens is 308 g/mol. The second-order valence-electron chi connectivity index (χ2n) is 5.45. The summed E-state index contributed by atoms with van der Waals surface area (Å²) in [6.07, 6.45) is 5.30. The first-order chi connectivity index (χ1) is 9.00. The maximum absolute atomic E-state index is 12.0. The highest BCUT2D eigenvalue weighted by Gasteiger charge is 2.33. The van der Waals surface area contributed by atoms with Gasteiger partial charge in [0, 0.05) is 12.7 Å². The number of aliphatic hydroxyl groups is 1. The van der Waals surface area contributed by atoms with Gasteiger partial charge in [0.15, 0.2) is 0 Å². The van der Waals surface area contributed by atoms with Gasteiger partial charge < -0.3 is 10.4 Å². The van der Waals surface area contributed by atoms with Crippen molar-refractivity contribution in [1.82, 2.24) is 10.3 Å². The van der Waals surface area contributed by atoms with Crippen molar-refractivity contribution in [2.75, 3.05) is 6.54 Å². The molecule has 2 rings (SSSR count). The van der Waals surface area contributed by atoms with Crippen LogP contribution in [0.25, 0.3) is 0 Å². The third-order valence-electron chi connectivity index (χ3n) is 3.65. The van der Waals surface area contributed by atoms with Crippen molar-refractivity contribution in [2.45, 2.75) is 38.2 Å². The molecule has 5 heteroatoms. The number of halogens is 1. The summed E-state index contributed by atoms with van der Waals surface area (Å²) in [5, 5.41) is 13.3. The number of hydrogen-bond acceptors (Lipinski definition) is 3. The summed E-state index contributed by atoms with van der Waals surface area (Å²) < 4.78 is 0.525. The Morgan fingerprint density at radius 3 is 3.16 bits per heavy atom. The zero-order chi connectivity index (χ0) is 13.9. The normalized spacial score (nSPS) is 27.0. The van der Waals surface area contributed by atoms with Crippen LogP contribution in [-0.2, 0) is 0 Å². The van der Waals surface area contributed by atoms with E-state index in [1.165, 1.54) is 0 Å². The molecule has 1 heterocycles. The van der Waals surface area contributed by atoms with E-state index in [2.05, 4.69) is 33.2 Å². The first-order valence-electron chi connectivity index (χ1n) is 6.61. The lowest BCUT2D eigenvalue weighted by molar-refractivity contribution is -0.0109. The molecule has 2 atom stereocenters. The molecule has 1 aromatic rings. The van der Waals surface area contributed by atoms with E-state index in [1.807, 2.05) is 0 Å². The van der Waals surface area contributed by atoms with Crippen LogP contribution in [-0.4, -0.2) is 28.1 Å². The van der Waals surface area contributed by atoms with Crippen LogP contribution < -0.4 is 5.32 Å². The molecule has 1 aliphatic rings. The number of rotatable bonds is 3. The largest absolute Gasteiger partial charge is 0.388 e. The molecule has 0 aliphatic heterocycles. The molecule has 1 aromatic heterocycles. The molecule has 1 amide bonds. The van der Waals surface area contributed by atoms with Gasteiger partial charge in [-0.3, -0.25) is 4.79 Å². The highest BCUT2D eigenvalue weighted by Crippen LogP contribution is 2.31. The molecule has 4 nitrogen and oxygen atoms in total. The van der Waals surface area contributed by atoms with Crippen molar-refractivity contribution < 1.29 is 9.90 Å². The smallest absolute Gasteiger partial charge is 0.254 e. The van der Waals surface area contributed by atoms with E-state index < -0.39 is 5.60 Å². The van der Waals surface area contributed by atoms with E-state index in [-0.39, 0.29) is 5.91 Å². The van der Waals surface area contributed by atoms with Crippen LogP contribution >= 0.6 is 15.9 Å². The number of aromatic nitrogens is 1. The van der Waals surface area contributed by atoms with E-state index in [0.717, 1.165) is 25.7 Å². The minimum Gasteiger partial charge on any atom is -0.388 e. The number of carbonyl (C=O) groups excluding carboxylic acids is 1. The van der Waals surface area contributed by atoms with Crippen molar-refractivity contribution in [1.29, 1.82) is 0 Å². The average molecular weight is 327 g/mol. The Kier molecular flexibility index (Phi) is 4.58. The van der Waals surface area contributed by atoms with Gasteiger partial charge in [-0.2, -0.15) is 0 Å². The first-order valence-corrected chi connectivity index (χ1v) is 7.40. The predicted molar refractivity (Wildman–Crippen MR) is 76.9 cm³/mol. The SMILES string of the molecule is CC1CCCC(O)(CNC(=O)c2cccnc2Br)C1. The fraction of sp³-hybridized carbons (Fsp3) is 0.571. The minimum absolute atomic E-state index is 0.202. The monoisotopic (exact) mass is 326 g/mol. The second kappa shape index (κ2) is 6.01. The number of nitrogens with zero attached hydrogens (tertiary/aromatic N) is 1. The minimum atomic E-state index is -0.762. The molecule has 1 saturated carbocycles. The van der Waals surface area contributed by atoms with Gasteiger partial charge >= 0.3 is 0 Å². The first kappa shape index (κ1) is 14.5. The Labute approximate surface area is 121 Å². The Bertz CT molecular complexity index is 467. The molecule has 104 valence electrons. The number of pyridine rings is 1. The maximum atomic E-state index is 12.0. The lowest BCUT2D eigenvalue weighted by Gasteiger charge is -2.35. The predicted octanol–water partition coefficient (Wildman–Crippen LogP) is 2.52. The second-order valence-corrected chi connectivity index (χ2v) is 6.20. The van der Waals surface area contributed by atoms with Crippen LogP contribution in [0.2, 0.25) is 0 Å². The fourth-order valence-corrected chi connectivity index (χ4v) is 3.12. The van der Waals surface area contributed by atoms with Crippen LogP contribution in [0.1, 0.15) is 43.0 Å². The van der Waals surface area contributed by atoms with Gasteiger partial charge in [0.05, 0.1) is 11.2 Å². The summed E-state index contributed by atoms with van der Waals surface area (Å²) in [6.45, 7) is 2.45. The van der Waals surface area contributed by atoms with Crippen molar-refractivity contribution in [3.63, 3.8) is 0 Å². The van der Waals surface area contributed by atoms with Crippen LogP contribution in [0.5, 0.6) is 0 Å². The molecule has 0 radical (unpaired) electrons. The third-order valence-corrected chi connectivity index (χ3v) is 4.28. The Morgan fingerprint density at radius 2 is 2.47 bits per heavy atom. The zero-order valence-corrected chi connectivity index (χ0v) is 12.6. The topological polar surface area (TPSA) is 62.2 Å². The van der Waals surface area contributed by atoms with Gasteiger partial charge in [0.25, 0.3) is 5.91 Å². The quantitative estimate of drug-likeness (QED) is 0.839. The summed E-state index contributed by atoms with van der Waals surface area (Å²) in [7, 11) is 0. The molecular formula is C14H19BrN2O2. The lowest BCUT2D eigenvalue weighted by Crippen LogP contribution is -2.45. The summed E-state index contributed by atoms with van der Waals surface area (Å²) in [4.78, 5) is 16.1. The summed E-state index contributed by atoms with van der Waals surface area (Å²) >= 11 is 3.25. The van der Waals surface area contributed by atoms with Crippen molar-refractivity contribution in [3.8, 4) is 0 Å². The Hall–Kier alpha value is -0.940. The van der Waals surface area contributed by atoms with Gasteiger partial charge in [-0.25, -0.2) is 4.98 Å². The number of carbonyl (C=O) groups is 1. The van der Waals surface area contributed by atoms with Crippen LogP contribution in [0.4, 0.5) is 0 Å². The highest BCUT2D eigenvalue weighted by molar-refractivity contribution is 9.10. The molecule has 2 N–H and O–H groups in total. The lowest BCUT2D eigenvalue weighted by atomic mass is 9.79. The molecule has 19 heavy (non-hydrogen) atoms. The summed E-state index contributed by atoms with van der Waals surface area (Å²) in [5.41, 5.74) is -0.267. The van der Waals surface area contributed by atoms with Gasteiger partial charge in [-0.1, -0.05) is 19.8 Å². The molecule has 1 aliphatic carbocycles. The Morgan fingerprint density at radius 1 is 1.68 bits per heavy atom. The van der Waals surface area contributed by atoms with E-state index in [9.17, 15) is 9.90 Å². The van der Waals surface area contributed by atoms with E-state index in [1.54, 1.807) is 18.3 Å². The third kappa shape index (κ3) is 3.76. The summed E-state index contributed by atoms with van der Waals surface area (Å²) in [6, 6.07) is 3.43. The van der Waals surface area contributed by atoms with E-state index in [0.29, 0.717) is 22.6 Å². The summed E-state index contributed by atoms with van der Waals surface area (Å²) in [5.74, 6) is 0.312. The maximum Gasteiger partial charge on any atom is 0.254 e. The number of nitrogens with one attached hydrogen (secondary N) is 1. The van der Waals surface area contributed by atoms with E-state index >= 15 is 0 Å². The molecule has 0 bridgehead atoms. The van der Waals surface area contributed by atoms with E-state index in [4.69, 9.17) is 0 Å². The average Bonchev–Trinajstić information content (AvgIpc) is 2.36. The molecule has 0 saturated heterocycles. The highest BCUT2D eigenvalue weighted by atomic mass is 79.9.